The zero-order chi connectivity index (χ0) is 13.8. The first-order valence-electron chi connectivity index (χ1n) is 5.81. The molecule has 0 aromatic heterocycles. The maximum absolute atomic E-state index is 12.6. The molecule has 0 saturated carbocycles. The van der Waals surface area contributed by atoms with Crippen LogP contribution in [0, 0.1) is 0 Å². The first kappa shape index (κ1) is 14.8. The minimum atomic E-state index is -4.28. The van der Waals surface area contributed by atoms with Gasteiger partial charge in [0.1, 0.15) is 0 Å². The van der Waals surface area contributed by atoms with Crippen LogP contribution in [0.25, 0.3) is 0 Å². The number of halogens is 3. The molecule has 1 nitrogen and oxygen atoms in total. The van der Waals surface area contributed by atoms with E-state index < -0.39 is 11.7 Å². The molecule has 0 fully saturated rings. The molecular weight excluding hydrogens is 239 g/mol. The predicted octanol–water partition coefficient (Wildman–Crippen LogP) is 3.80. The number of rotatable bonds is 4. The Labute approximate surface area is 106 Å². The maximum Gasteiger partial charge on any atom is 0.416 e. The molecule has 0 bridgehead atoms. The highest BCUT2D eigenvalue weighted by Crippen LogP contribution is 2.29. The molecule has 1 N–H and O–H groups in total. The van der Waals surface area contributed by atoms with Gasteiger partial charge in [-0.15, -0.1) is 0 Å². The van der Waals surface area contributed by atoms with Gasteiger partial charge in [-0.1, -0.05) is 29.8 Å². The first-order valence-corrected chi connectivity index (χ1v) is 5.81. The van der Waals surface area contributed by atoms with E-state index in [1.165, 1.54) is 12.1 Å². The summed E-state index contributed by atoms with van der Waals surface area (Å²) in [6.07, 6.45) is -1.71. The van der Waals surface area contributed by atoms with Gasteiger partial charge in [0.25, 0.3) is 0 Å². The Hall–Kier alpha value is -1.29. The summed E-state index contributed by atoms with van der Waals surface area (Å²) < 4.78 is 37.7. The molecule has 0 saturated heterocycles. The van der Waals surface area contributed by atoms with Crippen LogP contribution in [0.4, 0.5) is 13.2 Å². The molecule has 0 radical (unpaired) electrons. The van der Waals surface area contributed by atoms with Crippen molar-refractivity contribution < 1.29 is 13.2 Å². The smallest absolute Gasteiger partial charge is 0.313 e. The van der Waals surface area contributed by atoms with Crippen LogP contribution in [0.5, 0.6) is 0 Å². The summed E-state index contributed by atoms with van der Waals surface area (Å²) in [5, 5.41) is 3.08. The van der Waals surface area contributed by atoms with Crippen molar-refractivity contribution in [3.63, 3.8) is 0 Å². The van der Waals surface area contributed by atoms with E-state index in [9.17, 15) is 13.2 Å². The summed E-state index contributed by atoms with van der Waals surface area (Å²) >= 11 is 0. The monoisotopic (exact) mass is 257 g/mol. The van der Waals surface area contributed by atoms with Crippen LogP contribution in [0.1, 0.15) is 25.0 Å². The van der Waals surface area contributed by atoms with Crippen LogP contribution in [0.15, 0.2) is 35.9 Å². The normalized spacial score (nSPS) is 13.2. The van der Waals surface area contributed by atoms with Crippen LogP contribution in [-0.4, -0.2) is 13.1 Å². The molecule has 0 spiro atoms. The highest BCUT2D eigenvalue weighted by molar-refractivity contribution is 5.27. The predicted molar refractivity (Wildman–Crippen MR) is 67.4 cm³/mol. The quantitative estimate of drug-likeness (QED) is 0.809. The lowest BCUT2D eigenvalue weighted by Gasteiger charge is -2.14. The number of alkyl halides is 3. The minimum Gasteiger partial charge on any atom is -0.313 e. The van der Waals surface area contributed by atoms with Crippen molar-refractivity contribution in [3.05, 3.63) is 47.0 Å². The lowest BCUT2D eigenvalue weighted by Crippen LogP contribution is -2.25. The first-order chi connectivity index (χ1) is 8.32. The van der Waals surface area contributed by atoms with Crippen molar-refractivity contribution in [2.75, 3.05) is 7.05 Å². The third-order valence-corrected chi connectivity index (χ3v) is 2.62. The molecule has 0 aliphatic heterocycles. The maximum atomic E-state index is 12.6. The zero-order valence-corrected chi connectivity index (χ0v) is 10.8. The van der Waals surface area contributed by atoms with E-state index in [1.807, 2.05) is 19.9 Å². The second-order valence-electron chi connectivity index (χ2n) is 4.54. The summed E-state index contributed by atoms with van der Waals surface area (Å²) in [5.41, 5.74) is 1.23. The highest BCUT2D eigenvalue weighted by atomic mass is 19.4. The standard InChI is InChI=1S/C14H18F3N/c1-10(2)7-13(18-3)9-11-5-4-6-12(8-11)14(15,16)17/h4-8,13,18H,9H2,1-3H3. The lowest BCUT2D eigenvalue weighted by molar-refractivity contribution is -0.137. The van der Waals surface area contributed by atoms with Gasteiger partial charge in [-0.3, -0.25) is 0 Å². The molecule has 1 rings (SSSR count). The Balaban J connectivity index is 2.88. The molecular formula is C14H18F3N. The number of benzene rings is 1. The summed E-state index contributed by atoms with van der Waals surface area (Å²) in [4.78, 5) is 0. The van der Waals surface area contributed by atoms with E-state index in [-0.39, 0.29) is 6.04 Å². The van der Waals surface area contributed by atoms with Gasteiger partial charge in [-0.25, -0.2) is 0 Å². The van der Waals surface area contributed by atoms with Crippen molar-refractivity contribution in [1.82, 2.24) is 5.32 Å². The molecule has 1 unspecified atom stereocenters. The SMILES string of the molecule is CNC(C=C(C)C)Cc1cccc(C(F)(F)F)c1. The van der Waals surface area contributed by atoms with Gasteiger partial charge in [0.05, 0.1) is 5.56 Å². The molecule has 100 valence electrons. The molecule has 1 atom stereocenters. The summed E-state index contributed by atoms with van der Waals surface area (Å²) in [6.45, 7) is 3.94. The fourth-order valence-electron chi connectivity index (χ4n) is 1.78. The van der Waals surface area contributed by atoms with Gasteiger partial charge in [0.2, 0.25) is 0 Å². The Morgan fingerprint density at radius 2 is 2.00 bits per heavy atom. The van der Waals surface area contributed by atoms with Crippen molar-refractivity contribution in [2.24, 2.45) is 0 Å². The second kappa shape index (κ2) is 6.05. The molecule has 0 aliphatic carbocycles. The van der Waals surface area contributed by atoms with E-state index in [2.05, 4.69) is 5.32 Å². The average molecular weight is 257 g/mol. The van der Waals surface area contributed by atoms with Crippen LogP contribution in [0.3, 0.4) is 0 Å². The average Bonchev–Trinajstić information content (AvgIpc) is 2.26. The number of likely N-dealkylation sites (N-methyl/N-ethyl adjacent to an activating group) is 1. The van der Waals surface area contributed by atoms with Gasteiger partial charge in [0, 0.05) is 6.04 Å². The van der Waals surface area contributed by atoms with E-state index in [0.29, 0.717) is 12.0 Å². The molecule has 4 heteroatoms. The lowest BCUT2D eigenvalue weighted by atomic mass is 10.0. The van der Waals surface area contributed by atoms with Gasteiger partial charge in [-0.2, -0.15) is 13.2 Å². The highest BCUT2D eigenvalue weighted by Gasteiger charge is 2.30. The number of hydrogen-bond acceptors (Lipinski definition) is 1. The van der Waals surface area contributed by atoms with Crippen LogP contribution < -0.4 is 5.32 Å². The van der Waals surface area contributed by atoms with E-state index in [0.717, 1.165) is 11.6 Å². The largest absolute Gasteiger partial charge is 0.416 e. The van der Waals surface area contributed by atoms with Gasteiger partial charge in [0.15, 0.2) is 0 Å². The van der Waals surface area contributed by atoms with Gasteiger partial charge >= 0.3 is 6.18 Å². The molecule has 0 heterocycles. The summed E-state index contributed by atoms with van der Waals surface area (Å²) in [7, 11) is 1.80. The Bertz CT molecular complexity index is 417. The zero-order valence-electron chi connectivity index (χ0n) is 10.8. The molecule has 0 aliphatic rings. The number of hydrogen-bond donors (Lipinski definition) is 1. The summed E-state index contributed by atoms with van der Waals surface area (Å²) in [5.74, 6) is 0. The number of allylic oxidation sites excluding steroid dienone is 1. The molecule has 0 amide bonds. The molecule has 1 aromatic carbocycles. The Kier molecular flexibility index (Phi) is 4.96. The summed E-state index contributed by atoms with van der Waals surface area (Å²) in [6, 6.07) is 5.53. The molecule has 18 heavy (non-hydrogen) atoms. The van der Waals surface area contributed by atoms with Crippen molar-refractivity contribution >= 4 is 0 Å². The Morgan fingerprint density at radius 1 is 1.33 bits per heavy atom. The van der Waals surface area contributed by atoms with Crippen molar-refractivity contribution in [2.45, 2.75) is 32.5 Å². The minimum absolute atomic E-state index is 0.0542. The second-order valence-corrected chi connectivity index (χ2v) is 4.54. The third kappa shape index (κ3) is 4.53. The fraction of sp³-hybridized carbons (Fsp3) is 0.429. The van der Waals surface area contributed by atoms with Crippen molar-refractivity contribution in [3.8, 4) is 0 Å². The van der Waals surface area contributed by atoms with Gasteiger partial charge in [-0.05, 0) is 38.9 Å². The van der Waals surface area contributed by atoms with Crippen LogP contribution in [0.2, 0.25) is 0 Å². The van der Waals surface area contributed by atoms with E-state index in [1.54, 1.807) is 13.1 Å². The van der Waals surface area contributed by atoms with E-state index >= 15 is 0 Å². The number of nitrogens with one attached hydrogen (secondary N) is 1. The Morgan fingerprint density at radius 3 is 2.50 bits per heavy atom. The van der Waals surface area contributed by atoms with E-state index in [4.69, 9.17) is 0 Å². The third-order valence-electron chi connectivity index (χ3n) is 2.62. The topological polar surface area (TPSA) is 12.0 Å². The fourth-order valence-corrected chi connectivity index (χ4v) is 1.78. The van der Waals surface area contributed by atoms with Crippen molar-refractivity contribution in [1.29, 1.82) is 0 Å². The van der Waals surface area contributed by atoms with Crippen LogP contribution in [-0.2, 0) is 12.6 Å². The van der Waals surface area contributed by atoms with Gasteiger partial charge < -0.3 is 5.32 Å². The van der Waals surface area contributed by atoms with Crippen LogP contribution >= 0.6 is 0 Å². The molecule has 1 aromatic rings.